The van der Waals surface area contributed by atoms with Crippen LogP contribution in [0.2, 0.25) is 0 Å². The number of hydrogen-bond donors (Lipinski definition) is 2. The monoisotopic (exact) mass is 273 g/mol. The van der Waals surface area contributed by atoms with Crippen molar-refractivity contribution in [3.8, 4) is 11.4 Å². The Kier molecular flexibility index (Phi) is 3.27. The molecule has 20 heavy (non-hydrogen) atoms. The van der Waals surface area contributed by atoms with Gasteiger partial charge in [-0.1, -0.05) is 0 Å². The van der Waals surface area contributed by atoms with Crippen LogP contribution in [0.3, 0.4) is 0 Å². The summed E-state index contributed by atoms with van der Waals surface area (Å²) in [5.74, 6) is 1.31. The molecule has 0 aliphatic carbocycles. The second-order valence-electron chi connectivity index (χ2n) is 4.96. The van der Waals surface area contributed by atoms with Gasteiger partial charge in [-0.2, -0.15) is 5.10 Å². The van der Waals surface area contributed by atoms with Crippen LogP contribution in [0, 0.1) is 6.92 Å². The van der Waals surface area contributed by atoms with E-state index < -0.39 is 0 Å². The van der Waals surface area contributed by atoms with Crippen molar-refractivity contribution in [2.45, 2.75) is 6.92 Å². The Balaban J connectivity index is 1.98. The first-order valence-corrected chi connectivity index (χ1v) is 6.75. The average Bonchev–Trinajstić information content (AvgIpc) is 2.73. The molecule has 3 heterocycles. The Morgan fingerprint density at radius 2 is 2.05 bits per heavy atom. The molecule has 2 aromatic rings. The Morgan fingerprint density at radius 1 is 1.30 bits per heavy atom. The lowest BCUT2D eigenvalue weighted by Gasteiger charge is -2.27. The molecule has 1 saturated heterocycles. The predicted octanol–water partition coefficient (Wildman–Crippen LogP) is 0.177. The number of nitrogens with one attached hydrogen (secondary N) is 1. The maximum atomic E-state index is 5.87. The molecule has 0 aromatic carbocycles. The molecule has 2 aromatic heterocycles. The normalized spacial score (nSPS) is 15.6. The summed E-state index contributed by atoms with van der Waals surface area (Å²) in [7, 11) is 1.88. The molecule has 0 spiro atoms. The highest BCUT2D eigenvalue weighted by molar-refractivity contribution is 5.65. The summed E-state index contributed by atoms with van der Waals surface area (Å²) in [4.78, 5) is 11.2. The SMILES string of the molecule is Cc1c(N)nn(C)c1-c1ccnc(N2CCNCC2)n1. The van der Waals surface area contributed by atoms with Crippen LogP contribution in [0.5, 0.6) is 0 Å². The van der Waals surface area contributed by atoms with Crippen LogP contribution in [0.25, 0.3) is 11.4 Å². The molecule has 0 saturated carbocycles. The van der Waals surface area contributed by atoms with Crippen molar-refractivity contribution in [1.82, 2.24) is 25.1 Å². The second kappa shape index (κ2) is 5.09. The highest BCUT2D eigenvalue weighted by atomic mass is 15.3. The van der Waals surface area contributed by atoms with E-state index >= 15 is 0 Å². The molecule has 0 radical (unpaired) electrons. The number of nitrogens with two attached hydrogens (primary N) is 1. The number of anilines is 2. The molecule has 0 amide bonds. The van der Waals surface area contributed by atoms with Crippen molar-refractivity contribution in [2.75, 3.05) is 36.8 Å². The van der Waals surface area contributed by atoms with E-state index in [9.17, 15) is 0 Å². The number of hydrogen-bond acceptors (Lipinski definition) is 6. The molecule has 1 aliphatic heterocycles. The Labute approximate surface area is 117 Å². The first-order valence-electron chi connectivity index (χ1n) is 6.75. The summed E-state index contributed by atoms with van der Waals surface area (Å²) in [6, 6.07) is 1.90. The topological polar surface area (TPSA) is 84.9 Å². The van der Waals surface area contributed by atoms with Gasteiger partial charge in [0.15, 0.2) is 0 Å². The van der Waals surface area contributed by atoms with E-state index in [1.54, 1.807) is 10.9 Å². The average molecular weight is 273 g/mol. The zero-order chi connectivity index (χ0) is 14.1. The molecule has 0 unspecified atom stereocenters. The van der Waals surface area contributed by atoms with Crippen LogP contribution in [0.1, 0.15) is 5.56 Å². The van der Waals surface area contributed by atoms with Gasteiger partial charge in [0.25, 0.3) is 0 Å². The quantitative estimate of drug-likeness (QED) is 0.812. The van der Waals surface area contributed by atoms with E-state index in [1.807, 2.05) is 20.0 Å². The molecule has 0 atom stereocenters. The summed E-state index contributed by atoms with van der Waals surface area (Å²) < 4.78 is 1.77. The minimum absolute atomic E-state index is 0.546. The summed E-state index contributed by atoms with van der Waals surface area (Å²) in [5, 5.41) is 7.56. The molecule has 1 aliphatic rings. The van der Waals surface area contributed by atoms with Crippen molar-refractivity contribution in [1.29, 1.82) is 0 Å². The summed E-state index contributed by atoms with van der Waals surface area (Å²) in [5.41, 5.74) is 8.63. The van der Waals surface area contributed by atoms with E-state index in [0.717, 1.165) is 49.1 Å². The van der Waals surface area contributed by atoms with Gasteiger partial charge in [-0.3, -0.25) is 4.68 Å². The molecule has 1 fully saturated rings. The number of aromatic nitrogens is 4. The lowest BCUT2D eigenvalue weighted by atomic mass is 10.2. The van der Waals surface area contributed by atoms with Crippen molar-refractivity contribution in [3.05, 3.63) is 17.8 Å². The zero-order valence-corrected chi connectivity index (χ0v) is 11.8. The lowest BCUT2D eigenvalue weighted by Crippen LogP contribution is -2.44. The molecule has 7 heteroatoms. The highest BCUT2D eigenvalue weighted by Crippen LogP contribution is 2.25. The van der Waals surface area contributed by atoms with E-state index in [1.165, 1.54) is 0 Å². The largest absolute Gasteiger partial charge is 0.382 e. The minimum atomic E-state index is 0.546. The van der Waals surface area contributed by atoms with Gasteiger partial charge in [0, 0.05) is 45.0 Å². The number of piperazine rings is 1. The van der Waals surface area contributed by atoms with Gasteiger partial charge in [0.1, 0.15) is 5.82 Å². The third-order valence-corrected chi connectivity index (χ3v) is 3.61. The van der Waals surface area contributed by atoms with Gasteiger partial charge in [0.2, 0.25) is 5.95 Å². The smallest absolute Gasteiger partial charge is 0.225 e. The first-order chi connectivity index (χ1) is 9.66. The minimum Gasteiger partial charge on any atom is -0.382 e. The number of nitrogens with zero attached hydrogens (tertiary/aromatic N) is 5. The highest BCUT2D eigenvalue weighted by Gasteiger charge is 2.17. The van der Waals surface area contributed by atoms with Crippen molar-refractivity contribution < 1.29 is 0 Å². The van der Waals surface area contributed by atoms with Crippen molar-refractivity contribution >= 4 is 11.8 Å². The third kappa shape index (κ3) is 2.20. The molecular weight excluding hydrogens is 254 g/mol. The van der Waals surface area contributed by atoms with Gasteiger partial charge in [-0.05, 0) is 13.0 Å². The van der Waals surface area contributed by atoms with Crippen LogP contribution in [-0.4, -0.2) is 45.9 Å². The molecule has 7 nitrogen and oxygen atoms in total. The van der Waals surface area contributed by atoms with E-state index in [0.29, 0.717) is 5.82 Å². The molecule has 106 valence electrons. The number of aryl methyl sites for hydroxylation is 1. The first kappa shape index (κ1) is 12.9. The molecule has 3 rings (SSSR count). The molecular formula is C13H19N7. The van der Waals surface area contributed by atoms with Gasteiger partial charge in [-0.15, -0.1) is 0 Å². The summed E-state index contributed by atoms with van der Waals surface area (Å²) >= 11 is 0. The summed E-state index contributed by atoms with van der Waals surface area (Å²) in [6.07, 6.45) is 1.79. The van der Waals surface area contributed by atoms with Crippen LogP contribution in [-0.2, 0) is 7.05 Å². The standard InChI is InChI=1S/C13H19N7/c1-9-11(19(2)18-12(9)14)10-3-4-16-13(17-10)20-7-5-15-6-8-20/h3-4,15H,5-8H2,1-2H3,(H2,14,18). The van der Waals surface area contributed by atoms with Crippen molar-refractivity contribution in [2.24, 2.45) is 7.05 Å². The van der Waals surface area contributed by atoms with E-state index in [-0.39, 0.29) is 0 Å². The van der Waals surface area contributed by atoms with Gasteiger partial charge in [-0.25, -0.2) is 9.97 Å². The fraction of sp³-hybridized carbons (Fsp3) is 0.462. The Hall–Kier alpha value is -2.15. The van der Waals surface area contributed by atoms with Crippen LogP contribution < -0.4 is 16.0 Å². The van der Waals surface area contributed by atoms with Gasteiger partial charge >= 0.3 is 0 Å². The molecule has 0 bridgehead atoms. The maximum Gasteiger partial charge on any atom is 0.225 e. The predicted molar refractivity (Wildman–Crippen MR) is 78.5 cm³/mol. The Morgan fingerprint density at radius 3 is 2.70 bits per heavy atom. The third-order valence-electron chi connectivity index (χ3n) is 3.61. The second-order valence-corrected chi connectivity index (χ2v) is 4.96. The van der Waals surface area contributed by atoms with Gasteiger partial charge in [0.05, 0.1) is 11.4 Å². The van der Waals surface area contributed by atoms with Gasteiger partial charge < -0.3 is 16.0 Å². The van der Waals surface area contributed by atoms with Crippen LogP contribution >= 0.6 is 0 Å². The summed E-state index contributed by atoms with van der Waals surface area (Å²) in [6.45, 7) is 5.74. The van der Waals surface area contributed by atoms with E-state index in [4.69, 9.17) is 5.73 Å². The fourth-order valence-electron chi connectivity index (χ4n) is 2.51. The molecule has 3 N–H and O–H groups in total. The van der Waals surface area contributed by atoms with Crippen LogP contribution in [0.4, 0.5) is 11.8 Å². The zero-order valence-electron chi connectivity index (χ0n) is 11.8. The Bertz CT molecular complexity index is 613. The fourth-order valence-corrected chi connectivity index (χ4v) is 2.51. The maximum absolute atomic E-state index is 5.87. The number of nitrogen functional groups attached to an aromatic ring is 1. The van der Waals surface area contributed by atoms with E-state index in [2.05, 4.69) is 25.3 Å². The number of rotatable bonds is 2. The van der Waals surface area contributed by atoms with Crippen molar-refractivity contribution in [3.63, 3.8) is 0 Å². The van der Waals surface area contributed by atoms with Crippen LogP contribution in [0.15, 0.2) is 12.3 Å². The lowest BCUT2D eigenvalue weighted by molar-refractivity contribution is 0.580.